The molecule has 1 aromatic carbocycles. The van der Waals surface area contributed by atoms with Crippen LogP contribution in [-0.4, -0.2) is 39.3 Å². The van der Waals surface area contributed by atoms with Gasteiger partial charge in [-0.15, -0.1) is 0 Å². The SMILES string of the molecule is O=C(O)c1cnc(NCC(CO)Cc2ccccc2)cn1. The molecule has 0 aliphatic carbocycles. The normalized spacial score (nSPS) is 11.9. The van der Waals surface area contributed by atoms with E-state index in [1.54, 1.807) is 0 Å². The molecule has 0 radical (unpaired) electrons. The van der Waals surface area contributed by atoms with Gasteiger partial charge in [-0.25, -0.2) is 14.8 Å². The van der Waals surface area contributed by atoms with E-state index in [-0.39, 0.29) is 18.2 Å². The Morgan fingerprint density at radius 1 is 1.19 bits per heavy atom. The molecule has 3 N–H and O–H groups in total. The minimum absolute atomic E-state index is 0.0494. The van der Waals surface area contributed by atoms with Crippen LogP contribution in [0.15, 0.2) is 42.7 Å². The summed E-state index contributed by atoms with van der Waals surface area (Å²) in [6.45, 7) is 0.592. The van der Waals surface area contributed by atoms with E-state index in [9.17, 15) is 9.90 Å². The maximum atomic E-state index is 10.7. The fraction of sp³-hybridized carbons (Fsp3) is 0.267. The van der Waals surface area contributed by atoms with E-state index in [4.69, 9.17) is 5.11 Å². The Labute approximate surface area is 122 Å². The van der Waals surface area contributed by atoms with Crippen LogP contribution in [0, 0.1) is 5.92 Å². The van der Waals surface area contributed by atoms with E-state index < -0.39 is 5.97 Å². The van der Waals surface area contributed by atoms with E-state index in [0.717, 1.165) is 12.0 Å². The number of hydrogen-bond donors (Lipinski definition) is 3. The lowest BCUT2D eigenvalue weighted by Crippen LogP contribution is -2.21. The Balaban J connectivity index is 1.89. The Hall–Kier alpha value is -2.47. The molecular weight excluding hydrogens is 270 g/mol. The Morgan fingerprint density at radius 3 is 2.52 bits per heavy atom. The van der Waals surface area contributed by atoms with Gasteiger partial charge >= 0.3 is 5.97 Å². The molecule has 1 unspecified atom stereocenters. The maximum absolute atomic E-state index is 10.7. The first-order valence-corrected chi connectivity index (χ1v) is 6.63. The van der Waals surface area contributed by atoms with Gasteiger partial charge in [0.15, 0.2) is 5.69 Å². The van der Waals surface area contributed by atoms with Crippen molar-refractivity contribution in [3.63, 3.8) is 0 Å². The standard InChI is InChI=1S/C15H17N3O3/c19-10-12(6-11-4-2-1-3-5-11)7-17-14-9-16-13(8-18-14)15(20)21/h1-5,8-9,12,19H,6-7,10H2,(H,17,18)(H,20,21). The first-order chi connectivity index (χ1) is 10.2. The number of benzene rings is 1. The van der Waals surface area contributed by atoms with Gasteiger partial charge in [-0.2, -0.15) is 0 Å². The number of anilines is 1. The summed E-state index contributed by atoms with van der Waals surface area (Å²) >= 11 is 0. The van der Waals surface area contributed by atoms with E-state index in [1.807, 2.05) is 30.3 Å². The highest BCUT2D eigenvalue weighted by molar-refractivity contribution is 5.84. The fourth-order valence-electron chi connectivity index (χ4n) is 1.93. The van der Waals surface area contributed by atoms with E-state index in [2.05, 4.69) is 15.3 Å². The zero-order chi connectivity index (χ0) is 15.1. The topological polar surface area (TPSA) is 95.3 Å². The third kappa shape index (κ3) is 4.54. The van der Waals surface area contributed by atoms with Crippen LogP contribution in [0.25, 0.3) is 0 Å². The second-order valence-electron chi connectivity index (χ2n) is 4.71. The lowest BCUT2D eigenvalue weighted by molar-refractivity contribution is 0.0690. The predicted molar refractivity (Wildman–Crippen MR) is 78.2 cm³/mol. The van der Waals surface area contributed by atoms with Crippen molar-refractivity contribution in [2.24, 2.45) is 5.92 Å². The average Bonchev–Trinajstić information content (AvgIpc) is 2.52. The molecule has 0 aliphatic heterocycles. The van der Waals surface area contributed by atoms with Gasteiger partial charge in [0.05, 0.1) is 12.4 Å². The third-order valence-electron chi connectivity index (χ3n) is 3.07. The molecule has 6 heteroatoms. The van der Waals surface area contributed by atoms with Crippen molar-refractivity contribution in [2.45, 2.75) is 6.42 Å². The highest BCUT2D eigenvalue weighted by Crippen LogP contribution is 2.10. The molecular formula is C15H17N3O3. The van der Waals surface area contributed by atoms with Gasteiger partial charge in [0.1, 0.15) is 5.82 Å². The van der Waals surface area contributed by atoms with Crippen molar-refractivity contribution >= 4 is 11.8 Å². The van der Waals surface area contributed by atoms with Crippen LogP contribution >= 0.6 is 0 Å². The second-order valence-corrected chi connectivity index (χ2v) is 4.71. The highest BCUT2D eigenvalue weighted by atomic mass is 16.4. The molecule has 6 nitrogen and oxygen atoms in total. The average molecular weight is 287 g/mol. The summed E-state index contributed by atoms with van der Waals surface area (Å²) in [5, 5.41) is 21.2. The van der Waals surface area contributed by atoms with Gasteiger partial charge < -0.3 is 15.5 Å². The molecule has 0 fully saturated rings. The summed E-state index contributed by atoms with van der Waals surface area (Å²) in [6.07, 6.45) is 3.33. The zero-order valence-electron chi connectivity index (χ0n) is 11.4. The molecule has 2 aromatic rings. The molecule has 1 atom stereocenters. The highest BCUT2D eigenvalue weighted by Gasteiger charge is 2.10. The van der Waals surface area contributed by atoms with Gasteiger partial charge in [0.25, 0.3) is 0 Å². The van der Waals surface area contributed by atoms with Crippen molar-refractivity contribution in [3.05, 3.63) is 54.0 Å². The molecule has 110 valence electrons. The second kappa shape index (κ2) is 7.35. The Bertz CT molecular complexity index is 572. The van der Waals surface area contributed by atoms with Gasteiger partial charge in [-0.05, 0) is 12.0 Å². The van der Waals surface area contributed by atoms with Crippen LogP contribution in [-0.2, 0) is 6.42 Å². The molecule has 0 saturated carbocycles. The summed E-state index contributed by atoms with van der Waals surface area (Å²) in [7, 11) is 0. The number of aliphatic hydroxyl groups is 1. The van der Waals surface area contributed by atoms with Gasteiger partial charge in [0.2, 0.25) is 0 Å². The number of nitrogens with one attached hydrogen (secondary N) is 1. The minimum Gasteiger partial charge on any atom is -0.476 e. The number of rotatable bonds is 7. The molecule has 1 heterocycles. The number of aliphatic hydroxyl groups excluding tert-OH is 1. The number of aromatic nitrogens is 2. The van der Waals surface area contributed by atoms with E-state index in [0.29, 0.717) is 12.4 Å². The smallest absolute Gasteiger partial charge is 0.356 e. The summed E-state index contributed by atoms with van der Waals surface area (Å²) in [6, 6.07) is 9.92. The van der Waals surface area contributed by atoms with Crippen LogP contribution < -0.4 is 5.32 Å². The maximum Gasteiger partial charge on any atom is 0.356 e. The lowest BCUT2D eigenvalue weighted by Gasteiger charge is -2.15. The molecule has 1 aromatic heterocycles. The predicted octanol–water partition coefficient (Wildman–Crippen LogP) is 1.44. The third-order valence-corrected chi connectivity index (χ3v) is 3.07. The molecule has 0 amide bonds. The quantitative estimate of drug-likeness (QED) is 0.713. The lowest BCUT2D eigenvalue weighted by atomic mass is 10.0. The molecule has 21 heavy (non-hydrogen) atoms. The molecule has 0 aliphatic rings. The van der Waals surface area contributed by atoms with Gasteiger partial charge in [-0.1, -0.05) is 30.3 Å². The molecule has 0 spiro atoms. The Kier molecular flexibility index (Phi) is 5.22. The Morgan fingerprint density at radius 2 is 1.95 bits per heavy atom. The van der Waals surface area contributed by atoms with Crippen LogP contribution in [0.4, 0.5) is 5.82 Å². The number of nitrogens with zero attached hydrogens (tertiary/aromatic N) is 2. The van der Waals surface area contributed by atoms with Crippen molar-refractivity contribution in [3.8, 4) is 0 Å². The minimum atomic E-state index is -1.11. The van der Waals surface area contributed by atoms with Crippen LogP contribution in [0.2, 0.25) is 0 Å². The monoisotopic (exact) mass is 287 g/mol. The van der Waals surface area contributed by atoms with E-state index >= 15 is 0 Å². The molecule has 0 saturated heterocycles. The fourth-order valence-corrected chi connectivity index (χ4v) is 1.93. The van der Waals surface area contributed by atoms with E-state index in [1.165, 1.54) is 12.4 Å². The van der Waals surface area contributed by atoms with Gasteiger partial charge in [0, 0.05) is 19.1 Å². The van der Waals surface area contributed by atoms with Crippen molar-refractivity contribution in [1.29, 1.82) is 0 Å². The number of hydrogen-bond acceptors (Lipinski definition) is 5. The number of carbonyl (C=O) groups is 1. The van der Waals surface area contributed by atoms with Crippen LogP contribution in [0.1, 0.15) is 16.1 Å². The summed E-state index contributed by atoms with van der Waals surface area (Å²) < 4.78 is 0. The van der Waals surface area contributed by atoms with Crippen LogP contribution in [0.5, 0.6) is 0 Å². The summed E-state index contributed by atoms with van der Waals surface area (Å²) in [5.41, 5.74) is 1.06. The van der Waals surface area contributed by atoms with Crippen molar-refractivity contribution in [1.82, 2.24) is 9.97 Å². The molecule has 0 bridgehead atoms. The zero-order valence-corrected chi connectivity index (χ0v) is 11.4. The summed E-state index contributed by atoms with van der Waals surface area (Å²) in [4.78, 5) is 18.4. The number of carboxylic acids is 1. The van der Waals surface area contributed by atoms with Crippen LogP contribution in [0.3, 0.4) is 0 Å². The first kappa shape index (κ1) is 14.9. The summed E-state index contributed by atoms with van der Waals surface area (Å²) in [5.74, 6) is -0.564. The number of carboxylic acid groups (broad SMARTS) is 1. The van der Waals surface area contributed by atoms with Crippen molar-refractivity contribution < 1.29 is 15.0 Å². The molecule has 2 rings (SSSR count). The van der Waals surface area contributed by atoms with Gasteiger partial charge in [-0.3, -0.25) is 0 Å². The number of aromatic carboxylic acids is 1. The largest absolute Gasteiger partial charge is 0.476 e. The first-order valence-electron chi connectivity index (χ1n) is 6.63. The van der Waals surface area contributed by atoms with Crippen molar-refractivity contribution in [2.75, 3.05) is 18.5 Å².